The summed E-state index contributed by atoms with van der Waals surface area (Å²) in [4.78, 5) is 11.6. The predicted octanol–water partition coefficient (Wildman–Crippen LogP) is 2.54. The highest BCUT2D eigenvalue weighted by atomic mass is 16.5. The van der Waals surface area contributed by atoms with E-state index in [0.717, 1.165) is 11.1 Å². The van der Waals surface area contributed by atoms with Crippen LogP contribution in [-0.4, -0.2) is 23.8 Å². The van der Waals surface area contributed by atoms with Crippen LogP contribution in [0.15, 0.2) is 47.6 Å². The van der Waals surface area contributed by atoms with Crippen molar-refractivity contribution in [2.75, 3.05) is 6.61 Å². The van der Waals surface area contributed by atoms with Crippen molar-refractivity contribution in [3.8, 4) is 11.5 Å². The quantitative estimate of drug-likeness (QED) is 0.658. The maximum absolute atomic E-state index is 11.6. The van der Waals surface area contributed by atoms with Crippen molar-refractivity contribution in [2.45, 2.75) is 13.8 Å². The van der Waals surface area contributed by atoms with Crippen molar-refractivity contribution in [1.82, 2.24) is 5.43 Å². The second-order valence-electron chi connectivity index (χ2n) is 4.96. The molecule has 5 heteroatoms. The van der Waals surface area contributed by atoms with Gasteiger partial charge in [-0.2, -0.15) is 5.10 Å². The van der Waals surface area contributed by atoms with Gasteiger partial charge in [0.1, 0.15) is 11.5 Å². The third-order valence-electron chi connectivity index (χ3n) is 2.94. The van der Waals surface area contributed by atoms with Crippen LogP contribution in [0, 0.1) is 13.8 Å². The molecule has 0 saturated carbocycles. The Labute approximate surface area is 129 Å². The van der Waals surface area contributed by atoms with E-state index in [1.807, 2.05) is 38.1 Å². The van der Waals surface area contributed by atoms with Gasteiger partial charge in [-0.1, -0.05) is 18.2 Å². The lowest BCUT2D eigenvalue weighted by atomic mass is 10.1. The van der Waals surface area contributed by atoms with Gasteiger partial charge in [0.2, 0.25) is 0 Å². The molecular weight excluding hydrogens is 280 g/mol. The van der Waals surface area contributed by atoms with E-state index in [-0.39, 0.29) is 18.3 Å². The minimum absolute atomic E-state index is 0.119. The third kappa shape index (κ3) is 4.63. The molecular formula is C17H18N2O3. The molecule has 0 aliphatic carbocycles. The summed E-state index contributed by atoms with van der Waals surface area (Å²) in [6.07, 6.45) is 1.39. The molecule has 1 amide bonds. The third-order valence-corrected chi connectivity index (χ3v) is 2.94. The van der Waals surface area contributed by atoms with E-state index in [0.29, 0.717) is 11.3 Å². The van der Waals surface area contributed by atoms with Crippen LogP contribution in [0.4, 0.5) is 0 Å². The minimum Gasteiger partial charge on any atom is -0.507 e. The molecule has 2 rings (SSSR count). The Bertz CT molecular complexity index is 696. The van der Waals surface area contributed by atoms with Gasteiger partial charge in [-0.05, 0) is 49.2 Å². The molecule has 0 fully saturated rings. The molecule has 0 radical (unpaired) electrons. The van der Waals surface area contributed by atoms with Gasteiger partial charge in [-0.3, -0.25) is 4.79 Å². The summed E-state index contributed by atoms with van der Waals surface area (Å²) < 4.78 is 5.36. The van der Waals surface area contributed by atoms with E-state index in [1.165, 1.54) is 6.21 Å². The second-order valence-corrected chi connectivity index (χ2v) is 4.96. The smallest absolute Gasteiger partial charge is 0.277 e. The molecule has 22 heavy (non-hydrogen) atoms. The fraction of sp³-hybridized carbons (Fsp3) is 0.176. The SMILES string of the molecule is Cc1cccc(OCC(=O)N/N=C/c2ccc(C)cc2O)c1. The van der Waals surface area contributed by atoms with Gasteiger partial charge in [-0.25, -0.2) is 5.43 Å². The molecule has 0 bridgehead atoms. The Morgan fingerprint density at radius 3 is 2.73 bits per heavy atom. The van der Waals surface area contributed by atoms with Crippen LogP contribution in [0.25, 0.3) is 0 Å². The van der Waals surface area contributed by atoms with E-state index < -0.39 is 0 Å². The van der Waals surface area contributed by atoms with Crippen molar-refractivity contribution < 1.29 is 14.6 Å². The number of aryl methyl sites for hydroxylation is 2. The molecule has 0 saturated heterocycles. The van der Waals surface area contributed by atoms with Gasteiger partial charge in [0, 0.05) is 5.56 Å². The van der Waals surface area contributed by atoms with Crippen molar-refractivity contribution in [1.29, 1.82) is 0 Å². The molecule has 114 valence electrons. The zero-order chi connectivity index (χ0) is 15.9. The minimum atomic E-state index is -0.371. The lowest BCUT2D eigenvalue weighted by Gasteiger charge is -2.05. The lowest BCUT2D eigenvalue weighted by molar-refractivity contribution is -0.123. The summed E-state index contributed by atoms with van der Waals surface area (Å²) >= 11 is 0. The largest absolute Gasteiger partial charge is 0.507 e. The van der Waals surface area contributed by atoms with Gasteiger partial charge in [-0.15, -0.1) is 0 Å². The highest BCUT2D eigenvalue weighted by Gasteiger charge is 2.02. The molecule has 5 nitrogen and oxygen atoms in total. The number of carbonyl (C=O) groups is 1. The number of hydrazone groups is 1. The number of benzene rings is 2. The van der Waals surface area contributed by atoms with Gasteiger partial charge < -0.3 is 9.84 Å². The Kier molecular flexibility index (Phi) is 5.14. The van der Waals surface area contributed by atoms with Crippen molar-refractivity contribution in [3.05, 3.63) is 59.2 Å². The van der Waals surface area contributed by atoms with Crippen molar-refractivity contribution in [2.24, 2.45) is 5.10 Å². The zero-order valence-corrected chi connectivity index (χ0v) is 12.5. The van der Waals surface area contributed by atoms with Gasteiger partial charge >= 0.3 is 0 Å². The van der Waals surface area contributed by atoms with Crippen LogP contribution in [0.3, 0.4) is 0 Å². The number of nitrogens with one attached hydrogen (secondary N) is 1. The Hall–Kier alpha value is -2.82. The number of amides is 1. The van der Waals surface area contributed by atoms with Crippen LogP contribution in [0.2, 0.25) is 0 Å². The molecule has 0 aliphatic rings. The van der Waals surface area contributed by atoms with Gasteiger partial charge in [0.25, 0.3) is 5.91 Å². The zero-order valence-electron chi connectivity index (χ0n) is 12.5. The maximum atomic E-state index is 11.6. The molecule has 0 spiro atoms. The van der Waals surface area contributed by atoms with Crippen LogP contribution in [0.5, 0.6) is 11.5 Å². The van der Waals surface area contributed by atoms with Crippen molar-refractivity contribution in [3.63, 3.8) is 0 Å². The number of carbonyl (C=O) groups excluding carboxylic acids is 1. The molecule has 2 N–H and O–H groups in total. The topological polar surface area (TPSA) is 70.9 Å². The number of phenolic OH excluding ortho intramolecular Hbond substituents is 1. The fourth-order valence-corrected chi connectivity index (χ4v) is 1.82. The summed E-state index contributed by atoms with van der Waals surface area (Å²) in [6, 6.07) is 12.7. The summed E-state index contributed by atoms with van der Waals surface area (Å²) in [5, 5.41) is 13.5. The molecule has 0 unspecified atom stereocenters. The van der Waals surface area contributed by atoms with E-state index in [1.54, 1.807) is 18.2 Å². The number of rotatable bonds is 5. The van der Waals surface area contributed by atoms with Crippen LogP contribution < -0.4 is 10.2 Å². The standard InChI is InChI=1S/C17H18N2O3/c1-12-4-3-5-15(8-12)22-11-17(21)19-18-10-14-7-6-13(2)9-16(14)20/h3-10,20H,11H2,1-2H3,(H,19,21)/b18-10+. The number of hydrogen-bond donors (Lipinski definition) is 2. The first-order valence-corrected chi connectivity index (χ1v) is 6.85. The number of aromatic hydroxyl groups is 1. The number of nitrogens with zero attached hydrogens (tertiary/aromatic N) is 1. The normalized spacial score (nSPS) is 10.6. The highest BCUT2D eigenvalue weighted by Crippen LogP contribution is 2.16. The number of hydrogen-bond acceptors (Lipinski definition) is 4. The highest BCUT2D eigenvalue weighted by molar-refractivity contribution is 5.85. The second kappa shape index (κ2) is 7.26. The van der Waals surface area contributed by atoms with Gasteiger partial charge in [0.15, 0.2) is 6.61 Å². The molecule has 2 aromatic carbocycles. The van der Waals surface area contributed by atoms with E-state index in [2.05, 4.69) is 10.5 Å². The number of phenols is 1. The summed E-state index contributed by atoms with van der Waals surface area (Å²) in [7, 11) is 0. The van der Waals surface area contributed by atoms with Crippen LogP contribution in [0.1, 0.15) is 16.7 Å². The van der Waals surface area contributed by atoms with Gasteiger partial charge in [0.05, 0.1) is 6.21 Å². The molecule has 0 atom stereocenters. The van der Waals surface area contributed by atoms with E-state index in [4.69, 9.17) is 4.74 Å². The number of ether oxygens (including phenoxy) is 1. The average molecular weight is 298 g/mol. The monoisotopic (exact) mass is 298 g/mol. The summed E-state index contributed by atoms with van der Waals surface area (Å²) in [5.74, 6) is 0.383. The molecule has 0 aromatic heterocycles. The maximum Gasteiger partial charge on any atom is 0.277 e. The van der Waals surface area contributed by atoms with Crippen molar-refractivity contribution >= 4 is 12.1 Å². The molecule has 2 aromatic rings. The first-order valence-electron chi connectivity index (χ1n) is 6.85. The fourth-order valence-electron chi connectivity index (χ4n) is 1.82. The predicted molar refractivity (Wildman–Crippen MR) is 85.3 cm³/mol. The Morgan fingerprint density at radius 2 is 2.00 bits per heavy atom. The summed E-state index contributed by atoms with van der Waals surface area (Å²) in [6.45, 7) is 3.71. The first kappa shape index (κ1) is 15.6. The average Bonchev–Trinajstić information content (AvgIpc) is 2.47. The Morgan fingerprint density at radius 1 is 1.23 bits per heavy atom. The van der Waals surface area contributed by atoms with Crippen LogP contribution in [-0.2, 0) is 4.79 Å². The Balaban J connectivity index is 1.83. The first-order chi connectivity index (χ1) is 10.5. The van der Waals surface area contributed by atoms with Crippen LogP contribution >= 0.6 is 0 Å². The molecule has 0 aliphatic heterocycles. The summed E-state index contributed by atoms with van der Waals surface area (Å²) in [5.41, 5.74) is 4.90. The molecule has 0 heterocycles. The van der Waals surface area contributed by atoms with E-state index in [9.17, 15) is 9.90 Å². The lowest BCUT2D eigenvalue weighted by Crippen LogP contribution is -2.24. The van der Waals surface area contributed by atoms with E-state index >= 15 is 0 Å².